The average Bonchev–Trinajstić information content (AvgIpc) is 3.79. The third-order valence-corrected chi connectivity index (χ3v) is 12.4. The standard InChI is InChI=1S/C56H38N4O/c1-56(2)48-24-14-13-23-44(48)45-28-27-43(34-49(45)56)60(42-26-25-35-15-9-10-20-38(35)29-42)50-32-41(31-47-46-30-39-21-11-12-22-40(39)33-51(46)61-52(47)50)55-58-53(36-16-5-3-6-17-36)57-54(59-55)37-18-7-4-8-19-37/h3-34H,1-2H3. The third-order valence-electron chi connectivity index (χ3n) is 12.4. The predicted octanol–water partition coefficient (Wildman–Crippen LogP) is 14.9. The van der Waals surface area contributed by atoms with Crippen LogP contribution in [0.25, 0.3) is 88.8 Å². The Bertz CT molecular complexity index is 3460. The summed E-state index contributed by atoms with van der Waals surface area (Å²) >= 11 is 0. The summed E-state index contributed by atoms with van der Waals surface area (Å²) in [6, 6.07) is 68.5. The molecule has 5 heteroatoms. The molecule has 0 radical (unpaired) electrons. The number of hydrogen-bond acceptors (Lipinski definition) is 5. The van der Waals surface area contributed by atoms with Crippen molar-refractivity contribution in [2.45, 2.75) is 19.3 Å². The highest BCUT2D eigenvalue weighted by Gasteiger charge is 2.36. The van der Waals surface area contributed by atoms with Crippen molar-refractivity contribution < 1.29 is 4.42 Å². The van der Waals surface area contributed by atoms with Gasteiger partial charge in [-0.25, -0.2) is 15.0 Å². The van der Waals surface area contributed by atoms with Crippen molar-refractivity contribution in [1.82, 2.24) is 15.0 Å². The SMILES string of the molecule is CC1(C)c2ccccc2-c2ccc(N(c3ccc4ccccc4c3)c3cc(-c4nc(-c5ccccc5)nc(-c5ccccc5)n4)cc4c3oc3cc5ccccc5cc34)cc21. The van der Waals surface area contributed by atoms with Gasteiger partial charge in [-0.1, -0.05) is 159 Å². The van der Waals surface area contributed by atoms with Crippen LogP contribution in [0.4, 0.5) is 17.1 Å². The Morgan fingerprint density at radius 2 is 0.951 bits per heavy atom. The maximum absolute atomic E-state index is 7.07. The van der Waals surface area contributed by atoms with Gasteiger partial charge >= 0.3 is 0 Å². The van der Waals surface area contributed by atoms with Crippen LogP contribution in [0.1, 0.15) is 25.0 Å². The molecule has 0 N–H and O–H groups in total. The topological polar surface area (TPSA) is 55.1 Å². The Hall–Kier alpha value is -7.89. The first-order valence-electron chi connectivity index (χ1n) is 20.8. The Labute approximate surface area is 353 Å². The Kier molecular flexibility index (Phi) is 7.81. The summed E-state index contributed by atoms with van der Waals surface area (Å²) in [5.41, 5.74) is 12.2. The lowest BCUT2D eigenvalue weighted by Crippen LogP contribution is -2.16. The second kappa shape index (κ2) is 13.6. The highest BCUT2D eigenvalue weighted by Crippen LogP contribution is 2.52. The Morgan fingerprint density at radius 1 is 0.410 bits per heavy atom. The van der Waals surface area contributed by atoms with E-state index in [1.165, 1.54) is 27.6 Å². The summed E-state index contributed by atoms with van der Waals surface area (Å²) in [5, 5.41) is 6.62. The van der Waals surface area contributed by atoms with E-state index in [0.29, 0.717) is 17.5 Å². The molecule has 2 aromatic heterocycles. The van der Waals surface area contributed by atoms with Crippen molar-refractivity contribution in [3.8, 4) is 45.3 Å². The molecule has 12 rings (SSSR count). The van der Waals surface area contributed by atoms with E-state index in [1.54, 1.807) is 0 Å². The fourth-order valence-corrected chi connectivity index (χ4v) is 9.35. The number of fused-ring (bicyclic) bond motifs is 8. The van der Waals surface area contributed by atoms with Gasteiger partial charge in [-0.2, -0.15) is 0 Å². The van der Waals surface area contributed by atoms with Crippen molar-refractivity contribution in [1.29, 1.82) is 0 Å². The molecule has 0 fully saturated rings. The summed E-state index contributed by atoms with van der Waals surface area (Å²) in [6.07, 6.45) is 0. The van der Waals surface area contributed by atoms with Crippen LogP contribution in [0.5, 0.6) is 0 Å². The molecule has 0 saturated carbocycles. The van der Waals surface area contributed by atoms with Crippen molar-refractivity contribution in [3.63, 3.8) is 0 Å². The fourth-order valence-electron chi connectivity index (χ4n) is 9.35. The lowest BCUT2D eigenvalue weighted by molar-refractivity contribution is 0.660. The summed E-state index contributed by atoms with van der Waals surface area (Å²) in [7, 11) is 0. The summed E-state index contributed by atoms with van der Waals surface area (Å²) in [6.45, 7) is 4.67. The van der Waals surface area contributed by atoms with E-state index in [-0.39, 0.29) is 5.41 Å². The van der Waals surface area contributed by atoms with Crippen LogP contribution in [0.2, 0.25) is 0 Å². The molecule has 0 spiro atoms. The Morgan fingerprint density at radius 3 is 1.66 bits per heavy atom. The first kappa shape index (κ1) is 35.1. The van der Waals surface area contributed by atoms with Gasteiger partial charge in [0.25, 0.3) is 0 Å². The predicted molar refractivity (Wildman–Crippen MR) is 251 cm³/mol. The van der Waals surface area contributed by atoms with E-state index < -0.39 is 0 Å². The summed E-state index contributed by atoms with van der Waals surface area (Å²) < 4.78 is 7.07. The molecular weight excluding hydrogens is 745 g/mol. The number of aromatic nitrogens is 3. The van der Waals surface area contributed by atoms with E-state index in [9.17, 15) is 0 Å². The van der Waals surface area contributed by atoms with Gasteiger partial charge in [-0.05, 0) is 92.3 Å². The van der Waals surface area contributed by atoms with Gasteiger partial charge in [0, 0.05) is 44.3 Å². The van der Waals surface area contributed by atoms with E-state index in [1.807, 2.05) is 60.7 Å². The number of furan rings is 1. The van der Waals surface area contributed by atoms with Gasteiger partial charge in [0.1, 0.15) is 5.58 Å². The molecule has 0 unspecified atom stereocenters. The van der Waals surface area contributed by atoms with Crippen LogP contribution in [0, 0.1) is 0 Å². The molecule has 2 heterocycles. The van der Waals surface area contributed by atoms with Gasteiger partial charge in [0.15, 0.2) is 23.1 Å². The normalized spacial score (nSPS) is 12.9. The Balaban J connectivity index is 1.17. The van der Waals surface area contributed by atoms with E-state index in [4.69, 9.17) is 19.4 Å². The van der Waals surface area contributed by atoms with Crippen molar-refractivity contribution in [2.75, 3.05) is 4.90 Å². The van der Waals surface area contributed by atoms with Gasteiger partial charge in [0.05, 0.1) is 5.69 Å². The molecule has 288 valence electrons. The van der Waals surface area contributed by atoms with Crippen LogP contribution in [-0.4, -0.2) is 15.0 Å². The first-order valence-corrected chi connectivity index (χ1v) is 20.8. The lowest BCUT2D eigenvalue weighted by atomic mass is 9.82. The first-order chi connectivity index (χ1) is 30.0. The van der Waals surface area contributed by atoms with Gasteiger partial charge in [-0.15, -0.1) is 0 Å². The quantitative estimate of drug-likeness (QED) is 0.168. The molecule has 0 aliphatic heterocycles. The van der Waals surface area contributed by atoms with E-state index in [2.05, 4.69) is 152 Å². The molecule has 0 atom stereocenters. The molecule has 1 aliphatic carbocycles. The number of hydrogen-bond donors (Lipinski definition) is 0. The second-order valence-corrected chi connectivity index (χ2v) is 16.5. The molecule has 0 bridgehead atoms. The maximum Gasteiger partial charge on any atom is 0.164 e. The minimum atomic E-state index is -0.194. The molecule has 5 nitrogen and oxygen atoms in total. The van der Waals surface area contributed by atoms with Crippen LogP contribution >= 0.6 is 0 Å². The van der Waals surface area contributed by atoms with Gasteiger partial charge < -0.3 is 9.32 Å². The fraction of sp³-hybridized carbons (Fsp3) is 0.0536. The van der Waals surface area contributed by atoms with Crippen LogP contribution in [0.3, 0.4) is 0 Å². The highest BCUT2D eigenvalue weighted by atomic mass is 16.3. The maximum atomic E-state index is 7.07. The molecular formula is C56H38N4O. The largest absolute Gasteiger partial charge is 0.454 e. The van der Waals surface area contributed by atoms with Crippen LogP contribution < -0.4 is 4.90 Å². The van der Waals surface area contributed by atoms with Crippen molar-refractivity contribution in [3.05, 3.63) is 205 Å². The molecule has 61 heavy (non-hydrogen) atoms. The van der Waals surface area contributed by atoms with Crippen molar-refractivity contribution in [2.24, 2.45) is 0 Å². The molecule has 1 aliphatic rings. The number of benzene rings is 9. The third kappa shape index (κ3) is 5.73. The van der Waals surface area contributed by atoms with E-state index >= 15 is 0 Å². The lowest BCUT2D eigenvalue weighted by Gasteiger charge is -2.28. The van der Waals surface area contributed by atoms with Gasteiger partial charge in [-0.3, -0.25) is 0 Å². The zero-order valence-corrected chi connectivity index (χ0v) is 33.7. The molecule has 0 amide bonds. The molecule has 11 aromatic rings. The summed E-state index contributed by atoms with van der Waals surface area (Å²) in [5.74, 6) is 1.80. The minimum absolute atomic E-state index is 0.194. The van der Waals surface area contributed by atoms with Crippen molar-refractivity contribution >= 4 is 60.5 Å². The average molecular weight is 783 g/mol. The monoisotopic (exact) mass is 782 g/mol. The molecule has 9 aromatic carbocycles. The highest BCUT2D eigenvalue weighted by molar-refractivity contribution is 6.15. The molecule has 0 saturated heterocycles. The smallest absolute Gasteiger partial charge is 0.164 e. The zero-order valence-electron chi connectivity index (χ0n) is 33.7. The number of rotatable bonds is 6. The van der Waals surface area contributed by atoms with Gasteiger partial charge in [0.2, 0.25) is 0 Å². The second-order valence-electron chi connectivity index (χ2n) is 16.5. The summed E-state index contributed by atoms with van der Waals surface area (Å²) in [4.78, 5) is 17.8. The number of anilines is 3. The zero-order chi connectivity index (χ0) is 40.7. The minimum Gasteiger partial charge on any atom is -0.454 e. The number of nitrogens with zero attached hydrogens (tertiary/aromatic N) is 4. The van der Waals surface area contributed by atoms with Crippen LogP contribution in [-0.2, 0) is 5.41 Å². The van der Waals surface area contributed by atoms with Crippen LogP contribution in [0.15, 0.2) is 199 Å². The van der Waals surface area contributed by atoms with E-state index in [0.717, 1.165) is 71.8 Å².